The van der Waals surface area contributed by atoms with Crippen molar-refractivity contribution < 1.29 is 12.8 Å². The van der Waals surface area contributed by atoms with E-state index in [0.29, 0.717) is 12.8 Å². The molecule has 0 amide bonds. The normalized spacial score (nSPS) is 11.2. The van der Waals surface area contributed by atoms with E-state index in [4.69, 9.17) is 5.26 Å². The molecule has 0 fully saturated rings. The second kappa shape index (κ2) is 6.47. The van der Waals surface area contributed by atoms with Gasteiger partial charge in [-0.3, -0.25) is 0 Å². The van der Waals surface area contributed by atoms with Crippen LogP contribution in [0.2, 0.25) is 0 Å². The van der Waals surface area contributed by atoms with Gasteiger partial charge in [0.2, 0.25) is 10.0 Å². The van der Waals surface area contributed by atoms with Gasteiger partial charge >= 0.3 is 0 Å². The molecule has 21 heavy (non-hydrogen) atoms. The minimum absolute atomic E-state index is 0.171. The number of hydrogen-bond acceptors (Lipinski definition) is 4. The van der Waals surface area contributed by atoms with Crippen LogP contribution >= 0.6 is 0 Å². The van der Waals surface area contributed by atoms with Crippen LogP contribution in [0.1, 0.15) is 17.8 Å². The van der Waals surface area contributed by atoms with E-state index in [1.807, 2.05) is 0 Å². The summed E-state index contributed by atoms with van der Waals surface area (Å²) in [4.78, 5) is 6.59. The molecule has 6 nitrogen and oxygen atoms in total. The van der Waals surface area contributed by atoms with Gasteiger partial charge in [-0.1, -0.05) is 6.07 Å². The number of aromatic nitrogens is 2. The van der Waals surface area contributed by atoms with E-state index in [2.05, 4.69) is 14.7 Å². The van der Waals surface area contributed by atoms with Crippen LogP contribution in [0.3, 0.4) is 0 Å². The van der Waals surface area contributed by atoms with Crippen molar-refractivity contribution in [1.29, 1.82) is 5.26 Å². The summed E-state index contributed by atoms with van der Waals surface area (Å²) in [6.07, 6.45) is 4.42. The molecule has 110 valence electrons. The monoisotopic (exact) mass is 308 g/mol. The summed E-state index contributed by atoms with van der Waals surface area (Å²) < 4.78 is 39.9. The fourth-order valence-corrected chi connectivity index (χ4v) is 3.05. The number of halogens is 1. The van der Waals surface area contributed by atoms with Crippen molar-refractivity contribution in [1.82, 2.24) is 14.7 Å². The lowest BCUT2D eigenvalue weighted by Gasteiger charge is -2.08. The Bertz CT molecular complexity index is 751. The highest BCUT2D eigenvalue weighted by Gasteiger charge is 2.20. The SMILES string of the molecule is N#Cc1c(F)cccc1S(=O)(=O)NCCCc1ncc[nH]1. The van der Waals surface area contributed by atoms with Crippen LogP contribution in [-0.2, 0) is 16.4 Å². The van der Waals surface area contributed by atoms with Crippen molar-refractivity contribution in [3.8, 4) is 6.07 Å². The minimum atomic E-state index is -3.91. The molecular weight excluding hydrogens is 295 g/mol. The quantitative estimate of drug-likeness (QED) is 0.786. The number of nitriles is 1. The second-order valence-corrected chi connectivity index (χ2v) is 6.00. The van der Waals surface area contributed by atoms with Gasteiger partial charge in [-0.05, 0) is 18.6 Å². The van der Waals surface area contributed by atoms with Gasteiger partial charge in [-0.15, -0.1) is 0 Å². The number of H-pyrrole nitrogens is 1. The maximum absolute atomic E-state index is 13.4. The van der Waals surface area contributed by atoms with E-state index in [1.54, 1.807) is 18.5 Å². The molecule has 8 heteroatoms. The van der Waals surface area contributed by atoms with Crippen LogP contribution in [0.15, 0.2) is 35.5 Å². The standard InChI is InChI=1S/C13H13FN4O2S/c14-11-3-1-4-12(10(11)9-15)21(19,20)18-6-2-5-13-16-7-8-17-13/h1,3-4,7-8,18H,2,5-6H2,(H,16,17). The molecule has 0 spiro atoms. The molecule has 2 aromatic rings. The Balaban J connectivity index is 2.02. The summed E-state index contributed by atoms with van der Waals surface area (Å²) in [6, 6.07) is 5.09. The number of hydrogen-bond donors (Lipinski definition) is 2. The molecular formula is C13H13FN4O2S. The van der Waals surface area contributed by atoms with E-state index >= 15 is 0 Å². The van der Waals surface area contributed by atoms with Crippen molar-refractivity contribution in [3.05, 3.63) is 47.8 Å². The van der Waals surface area contributed by atoms with Gasteiger partial charge in [-0.25, -0.2) is 22.5 Å². The zero-order valence-electron chi connectivity index (χ0n) is 11.0. The Morgan fingerprint density at radius 3 is 2.90 bits per heavy atom. The predicted octanol–water partition coefficient (Wildman–Crippen LogP) is 1.33. The number of nitrogens with zero attached hydrogens (tertiary/aromatic N) is 2. The third-order valence-corrected chi connectivity index (χ3v) is 4.32. The average Bonchev–Trinajstić information content (AvgIpc) is 2.96. The minimum Gasteiger partial charge on any atom is -0.349 e. The van der Waals surface area contributed by atoms with Crippen molar-refractivity contribution in [2.24, 2.45) is 0 Å². The lowest BCUT2D eigenvalue weighted by Crippen LogP contribution is -2.26. The Hall–Kier alpha value is -2.24. The predicted molar refractivity (Wildman–Crippen MR) is 73.2 cm³/mol. The largest absolute Gasteiger partial charge is 0.349 e. The van der Waals surface area contributed by atoms with E-state index < -0.39 is 21.4 Å². The van der Waals surface area contributed by atoms with Crippen molar-refractivity contribution in [2.45, 2.75) is 17.7 Å². The number of aryl methyl sites for hydroxylation is 1. The lowest BCUT2D eigenvalue weighted by atomic mass is 10.2. The molecule has 1 aromatic carbocycles. The lowest BCUT2D eigenvalue weighted by molar-refractivity contribution is 0.573. The number of nitrogens with one attached hydrogen (secondary N) is 2. The van der Waals surface area contributed by atoms with Crippen LogP contribution < -0.4 is 4.72 Å². The van der Waals surface area contributed by atoms with Crippen molar-refractivity contribution in [3.63, 3.8) is 0 Å². The molecule has 2 rings (SSSR count). The molecule has 0 aliphatic heterocycles. The van der Waals surface area contributed by atoms with Crippen LogP contribution in [0.25, 0.3) is 0 Å². The van der Waals surface area contributed by atoms with Gasteiger partial charge in [0.1, 0.15) is 28.2 Å². The van der Waals surface area contributed by atoms with E-state index in [-0.39, 0.29) is 11.4 Å². The van der Waals surface area contributed by atoms with Gasteiger partial charge in [0.25, 0.3) is 0 Å². The Kier molecular flexibility index (Phi) is 4.67. The number of sulfonamides is 1. The molecule has 0 aliphatic carbocycles. The number of benzene rings is 1. The summed E-state index contributed by atoms with van der Waals surface area (Å²) in [5.74, 6) is -0.0892. The average molecular weight is 308 g/mol. The Morgan fingerprint density at radius 1 is 1.43 bits per heavy atom. The number of rotatable bonds is 6. The van der Waals surface area contributed by atoms with Gasteiger partial charge < -0.3 is 4.98 Å². The third kappa shape index (κ3) is 3.65. The maximum Gasteiger partial charge on any atom is 0.241 e. The molecule has 0 unspecified atom stereocenters. The van der Waals surface area contributed by atoms with E-state index in [1.165, 1.54) is 12.1 Å². The molecule has 0 aliphatic rings. The first-order valence-electron chi connectivity index (χ1n) is 6.21. The fraction of sp³-hybridized carbons (Fsp3) is 0.231. The molecule has 0 radical (unpaired) electrons. The highest BCUT2D eigenvalue weighted by molar-refractivity contribution is 7.89. The summed E-state index contributed by atoms with van der Waals surface area (Å²) in [5.41, 5.74) is -0.476. The van der Waals surface area contributed by atoms with Gasteiger partial charge in [0.15, 0.2) is 0 Å². The molecule has 0 atom stereocenters. The van der Waals surface area contributed by atoms with Gasteiger partial charge in [-0.2, -0.15) is 5.26 Å². The molecule has 0 saturated carbocycles. The highest BCUT2D eigenvalue weighted by Crippen LogP contribution is 2.17. The smallest absolute Gasteiger partial charge is 0.241 e. The highest BCUT2D eigenvalue weighted by atomic mass is 32.2. The van der Waals surface area contributed by atoms with Crippen LogP contribution in [0.4, 0.5) is 4.39 Å². The summed E-state index contributed by atoms with van der Waals surface area (Å²) in [7, 11) is -3.91. The van der Waals surface area contributed by atoms with E-state index in [0.717, 1.165) is 11.9 Å². The van der Waals surface area contributed by atoms with Crippen LogP contribution in [0, 0.1) is 17.1 Å². The molecule has 2 N–H and O–H groups in total. The first-order chi connectivity index (χ1) is 10.0. The molecule has 0 bridgehead atoms. The zero-order valence-corrected chi connectivity index (χ0v) is 11.8. The summed E-state index contributed by atoms with van der Waals surface area (Å²) in [6.45, 7) is 0.171. The topological polar surface area (TPSA) is 98.6 Å². The first-order valence-corrected chi connectivity index (χ1v) is 7.69. The molecule has 1 aromatic heterocycles. The van der Waals surface area contributed by atoms with Gasteiger partial charge in [0, 0.05) is 25.4 Å². The van der Waals surface area contributed by atoms with Crippen molar-refractivity contribution >= 4 is 10.0 Å². The third-order valence-electron chi connectivity index (χ3n) is 2.81. The fourth-order valence-electron chi connectivity index (χ4n) is 1.81. The van der Waals surface area contributed by atoms with Crippen LogP contribution in [0.5, 0.6) is 0 Å². The molecule has 1 heterocycles. The zero-order chi connectivity index (χ0) is 15.3. The summed E-state index contributed by atoms with van der Waals surface area (Å²) in [5, 5.41) is 8.86. The first kappa shape index (κ1) is 15.2. The van der Waals surface area contributed by atoms with E-state index in [9.17, 15) is 12.8 Å². The Morgan fingerprint density at radius 2 is 2.24 bits per heavy atom. The van der Waals surface area contributed by atoms with Gasteiger partial charge in [0.05, 0.1) is 0 Å². The van der Waals surface area contributed by atoms with Crippen molar-refractivity contribution in [2.75, 3.05) is 6.54 Å². The number of aromatic amines is 1. The Labute approximate surface area is 121 Å². The number of imidazole rings is 1. The maximum atomic E-state index is 13.4. The summed E-state index contributed by atoms with van der Waals surface area (Å²) >= 11 is 0. The van der Waals surface area contributed by atoms with Crippen LogP contribution in [-0.4, -0.2) is 24.9 Å². The molecule has 0 saturated heterocycles. The second-order valence-electron chi connectivity index (χ2n) is 4.26.